The van der Waals surface area contributed by atoms with Gasteiger partial charge in [0.2, 0.25) is 0 Å². The molecule has 0 saturated carbocycles. The Morgan fingerprint density at radius 3 is 2.22 bits per heavy atom. The fraction of sp³-hybridized carbons (Fsp3) is 0.240. The zero-order valence-corrected chi connectivity index (χ0v) is 18.9. The van der Waals surface area contributed by atoms with Crippen molar-refractivity contribution in [1.82, 2.24) is 0 Å². The minimum Gasteiger partial charge on any atom is -0.372 e. The first kappa shape index (κ1) is 21.9. The fourth-order valence-electron chi connectivity index (χ4n) is 3.77. The molecule has 1 fully saturated rings. The third kappa shape index (κ3) is 5.29. The van der Waals surface area contributed by atoms with Crippen LogP contribution < -0.4 is 14.9 Å². The van der Waals surface area contributed by atoms with Gasteiger partial charge in [0.15, 0.2) is 0 Å². The van der Waals surface area contributed by atoms with Crippen LogP contribution in [-0.4, -0.2) is 27.4 Å². The van der Waals surface area contributed by atoms with Gasteiger partial charge in [-0.1, -0.05) is 23.8 Å². The lowest BCUT2D eigenvalue weighted by atomic mass is 10.1. The monoisotopic (exact) mass is 449 g/mol. The molecule has 3 aromatic rings. The average molecular weight is 450 g/mol. The lowest BCUT2D eigenvalue weighted by Crippen LogP contribution is -2.29. The molecular formula is C25H27N3O3S. The molecule has 1 amide bonds. The minimum atomic E-state index is -3.73. The standard InChI is InChI=1S/C25H27N3O3S/c1-19-8-14-24(15-9-19)32(30,31)27-22-7-5-6-20(18-22)25(29)26-21-10-12-23(13-11-21)28-16-3-2-4-17-28/h5-15,18,27H,2-4,16-17H2,1H3,(H,26,29). The Morgan fingerprint density at radius 1 is 0.844 bits per heavy atom. The molecule has 1 heterocycles. The summed E-state index contributed by atoms with van der Waals surface area (Å²) >= 11 is 0. The van der Waals surface area contributed by atoms with Crippen LogP contribution >= 0.6 is 0 Å². The van der Waals surface area contributed by atoms with Crippen molar-refractivity contribution in [2.24, 2.45) is 0 Å². The van der Waals surface area contributed by atoms with Gasteiger partial charge < -0.3 is 10.2 Å². The van der Waals surface area contributed by atoms with Crippen LogP contribution in [0.25, 0.3) is 0 Å². The highest BCUT2D eigenvalue weighted by Gasteiger charge is 2.15. The summed E-state index contributed by atoms with van der Waals surface area (Å²) in [6, 6.07) is 20.9. The second-order valence-electron chi connectivity index (χ2n) is 8.05. The Bertz CT molecular complexity index is 1180. The molecule has 0 aromatic heterocycles. The van der Waals surface area contributed by atoms with Gasteiger partial charge in [0, 0.05) is 35.7 Å². The largest absolute Gasteiger partial charge is 0.372 e. The molecule has 0 aliphatic carbocycles. The number of aryl methyl sites for hydroxylation is 1. The molecule has 0 unspecified atom stereocenters. The van der Waals surface area contributed by atoms with Crippen LogP contribution in [-0.2, 0) is 10.0 Å². The molecule has 0 atom stereocenters. The van der Waals surface area contributed by atoms with Crippen molar-refractivity contribution < 1.29 is 13.2 Å². The molecule has 166 valence electrons. The molecule has 4 rings (SSSR count). The van der Waals surface area contributed by atoms with Gasteiger partial charge in [0.25, 0.3) is 15.9 Å². The first-order chi connectivity index (χ1) is 15.4. The van der Waals surface area contributed by atoms with Crippen LogP contribution in [0.3, 0.4) is 0 Å². The molecule has 0 bridgehead atoms. The Morgan fingerprint density at radius 2 is 1.53 bits per heavy atom. The van der Waals surface area contributed by atoms with Crippen LogP contribution in [0.2, 0.25) is 0 Å². The third-order valence-electron chi connectivity index (χ3n) is 5.55. The number of hydrogen-bond donors (Lipinski definition) is 2. The highest BCUT2D eigenvalue weighted by Crippen LogP contribution is 2.23. The molecule has 1 aliphatic heterocycles. The maximum Gasteiger partial charge on any atom is 0.261 e. The highest BCUT2D eigenvalue weighted by atomic mass is 32.2. The number of carbonyl (C=O) groups is 1. The molecule has 0 spiro atoms. The van der Waals surface area contributed by atoms with Crippen molar-refractivity contribution in [3.63, 3.8) is 0 Å². The molecular weight excluding hydrogens is 422 g/mol. The average Bonchev–Trinajstić information content (AvgIpc) is 2.80. The van der Waals surface area contributed by atoms with Crippen molar-refractivity contribution in [2.45, 2.75) is 31.1 Å². The maximum atomic E-state index is 12.7. The minimum absolute atomic E-state index is 0.173. The number of rotatable bonds is 6. The second kappa shape index (κ2) is 9.44. The molecule has 1 aliphatic rings. The van der Waals surface area contributed by atoms with Crippen LogP contribution in [0.4, 0.5) is 17.1 Å². The van der Waals surface area contributed by atoms with Gasteiger partial charge >= 0.3 is 0 Å². The van der Waals surface area contributed by atoms with Gasteiger partial charge in [-0.3, -0.25) is 9.52 Å². The van der Waals surface area contributed by atoms with E-state index in [1.165, 1.54) is 25.3 Å². The van der Waals surface area contributed by atoms with Crippen LogP contribution in [0.1, 0.15) is 35.2 Å². The summed E-state index contributed by atoms with van der Waals surface area (Å²) in [5, 5.41) is 2.88. The molecule has 3 aromatic carbocycles. The Labute approximate surface area is 189 Å². The lowest BCUT2D eigenvalue weighted by molar-refractivity contribution is 0.102. The summed E-state index contributed by atoms with van der Waals surface area (Å²) in [5.74, 6) is -0.299. The van der Waals surface area contributed by atoms with E-state index in [2.05, 4.69) is 14.9 Å². The van der Waals surface area contributed by atoms with E-state index in [-0.39, 0.29) is 10.8 Å². The van der Waals surface area contributed by atoms with Crippen molar-refractivity contribution in [3.8, 4) is 0 Å². The quantitative estimate of drug-likeness (QED) is 0.553. The van der Waals surface area contributed by atoms with Gasteiger partial charge in [-0.2, -0.15) is 0 Å². The first-order valence-corrected chi connectivity index (χ1v) is 12.2. The fourth-order valence-corrected chi connectivity index (χ4v) is 4.82. The van der Waals surface area contributed by atoms with E-state index in [4.69, 9.17) is 0 Å². The van der Waals surface area contributed by atoms with E-state index in [0.717, 1.165) is 24.3 Å². The Hall–Kier alpha value is -3.32. The Balaban J connectivity index is 1.43. The number of nitrogens with zero attached hydrogens (tertiary/aromatic N) is 1. The number of benzene rings is 3. The molecule has 32 heavy (non-hydrogen) atoms. The van der Waals surface area contributed by atoms with Gasteiger partial charge in [-0.15, -0.1) is 0 Å². The number of piperidine rings is 1. The predicted molar refractivity (Wildman–Crippen MR) is 129 cm³/mol. The van der Waals surface area contributed by atoms with Crippen molar-refractivity contribution in [1.29, 1.82) is 0 Å². The number of amides is 1. The summed E-state index contributed by atoms with van der Waals surface area (Å²) < 4.78 is 27.8. The van der Waals surface area contributed by atoms with E-state index < -0.39 is 10.0 Å². The van der Waals surface area contributed by atoms with E-state index in [1.807, 2.05) is 31.2 Å². The van der Waals surface area contributed by atoms with E-state index >= 15 is 0 Å². The van der Waals surface area contributed by atoms with Gasteiger partial charge in [0.1, 0.15) is 0 Å². The van der Waals surface area contributed by atoms with Crippen molar-refractivity contribution in [2.75, 3.05) is 28.0 Å². The van der Waals surface area contributed by atoms with Crippen LogP contribution in [0.15, 0.2) is 77.7 Å². The lowest BCUT2D eigenvalue weighted by Gasteiger charge is -2.28. The maximum absolute atomic E-state index is 12.7. The Kier molecular flexibility index (Phi) is 6.46. The predicted octanol–water partition coefficient (Wildman–Crippen LogP) is 5.04. The van der Waals surface area contributed by atoms with Crippen molar-refractivity contribution >= 4 is 33.0 Å². The number of anilines is 3. The van der Waals surface area contributed by atoms with E-state index in [1.54, 1.807) is 42.5 Å². The normalized spacial score (nSPS) is 14.1. The molecule has 7 heteroatoms. The summed E-state index contributed by atoms with van der Waals surface area (Å²) in [6.45, 7) is 4.03. The van der Waals surface area contributed by atoms with E-state index in [0.29, 0.717) is 16.9 Å². The number of nitrogens with one attached hydrogen (secondary N) is 2. The van der Waals surface area contributed by atoms with E-state index in [9.17, 15) is 13.2 Å². The number of hydrogen-bond acceptors (Lipinski definition) is 4. The molecule has 6 nitrogen and oxygen atoms in total. The zero-order chi connectivity index (χ0) is 22.6. The first-order valence-electron chi connectivity index (χ1n) is 10.8. The van der Waals surface area contributed by atoms with Crippen LogP contribution in [0, 0.1) is 6.92 Å². The number of carbonyl (C=O) groups excluding carboxylic acids is 1. The third-order valence-corrected chi connectivity index (χ3v) is 6.95. The summed E-state index contributed by atoms with van der Waals surface area (Å²) in [7, 11) is -3.73. The van der Waals surface area contributed by atoms with Crippen molar-refractivity contribution in [3.05, 3.63) is 83.9 Å². The molecule has 0 radical (unpaired) electrons. The molecule has 1 saturated heterocycles. The van der Waals surface area contributed by atoms with Gasteiger partial charge in [0.05, 0.1) is 4.90 Å². The summed E-state index contributed by atoms with van der Waals surface area (Å²) in [5.41, 5.74) is 3.54. The highest BCUT2D eigenvalue weighted by molar-refractivity contribution is 7.92. The van der Waals surface area contributed by atoms with Gasteiger partial charge in [-0.25, -0.2) is 8.42 Å². The van der Waals surface area contributed by atoms with Crippen LogP contribution in [0.5, 0.6) is 0 Å². The topological polar surface area (TPSA) is 78.5 Å². The summed E-state index contributed by atoms with van der Waals surface area (Å²) in [6.07, 6.45) is 3.70. The smallest absolute Gasteiger partial charge is 0.261 e. The summed E-state index contributed by atoms with van der Waals surface area (Å²) in [4.78, 5) is 15.3. The SMILES string of the molecule is Cc1ccc(S(=O)(=O)Nc2cccc(C(=O)Nc3ccc(N4CCCCC4)cc3)c2)cc1. The zero-order valence-electron chi connectivity index (χ0n) is 18.0. The number of sulfonamides is 1. The molecule has 2 N–H and O–H groups in total. The van der Waals surface area contributed by atoms with Gasteiger partial charge in [-0.05, 0) is 80.8 Å². The second-order valence-corrected chi connectivity index (χ2v) is 9.73.